The average Bonchev–Trinajstić information content (AvgIpc) is 2.70. The van der Waals surface area contributed by atoms with Crippen molar-refractivity contribution in [1.82, 2.24) is 0 Å². The maximum atomic E-state index is 11.9. The van der Waals surface area contributed by atoms with Crippen LogP contribution in [0.2, 0.25) is 0 Å². The summed E-state index contributed by atoms with van der Waals surface area (Å²) < 4.78 is 15.5. The molecule has 0 aromatic carbocycles. The largest absolute Gasteiger partial charge is 0.477 e. The van der Waals surface area contributed by atoms with Crippen molar-refractivity contribution in [1.29, 1.82) is 0 Å². The quantitative estimate of drug-likeness (QED) is 0.126. The average molecular weight is 445 g/mol. The lowest BCUT2D eigenvalue weighted by Gasteiger charge is -2.45. The first kappa shape index (κ1) is 27.0. The van der Waals surface area contributed by atoms with Gasteiger partial charge in [-0.15, -0.1) is 0 Å². The van der Waals surface area contributed by atoms with E-state index in [1.165, 1.54) is 6.92 Å². The smallest absolute Gasteiger partial charge is 0.364 e. The molecule has 0 amide bonds. The molecule has 10 atom stereocenters. The fourth-order valence-corrected chi connectivity index (χ4v) is 2.76. The number of rotatable bonds is 12. The van der Waals surface area contributed by atoms with Crippen LogP contribution >= 0.6 is 0 Å². The highest BCUT2D eigenvalue weighted by atomic mass is 16.7. The highest BCUT2D eigenvalue weighted by Gasteiger charge is 2.54. The topological polar surface area (TPSA) is 253 Å². The summed E-state index contributed by atoms with van der Waals surface area (Å²) >= 11 is 0. The van der Waals surface area contributed by atoms with Crippen molar-refractivity contribution in [3.05, 3.63) is 0 Å². The van der Waals surface area contributed by atoms with Crippen LogP contribution in [0.15, 0.2) is 0 Å². The minimum Gasteiger partial charge on any atom is -0.477 e. The molecule has 0 aromatic heterocycles. The molecule has 14 heteroatoms. The van der Waals surface area contributed by atoms with Crippen LogP contribution < -0.4 is 5.73 Å². The van der Waals surface area contributed by atoms with Gasteiger partial charge in [-0.05, 0) is 6.92 Å². The molecule has 0 aliphatic carbocycles. The molecule has 2 unspecified atom stereocenters. The van der Waals surface area contributed by atoms with E-state index in [2.05, 4.69) is 0 Å². The van der Waals surface area contributed by atoms with Gasteiger partial charge >= 0.3 is 5.97 Å². The Morgan fingerprint density at radius 3 is 2.20 bits per heavy atom. The summed E-state index contributed by atoms with van der Waals surface area (Å²) in [6.45, 7) is -1.26. The van der Waals surface area contributed by atoms with Crippen molar-refractivity contribution < 1.29 is 65.0 Å². The van der Waals surface area contributed by atoms with Gasteiger partial charge in [0.2, 0.25) is 0 Å². The monoisotopic (exact) mass is 445 g/mol. The van der Waals surface area contributed by atoms with Gasteiger partial charge in [-0.25, -0.2) is 4.79 Å². The number of nitrogens with two attached hydrogens (primary N) is 1. The van der Waals surface area contributed by atoms with E-state index in [-0.39, 0.29) is 0 Å². The Kier molecular flexibility index (Phi) is 10.4. The van der Waals surface area contributed by atoms with Gasteiger partial charge in [0.1, 0.15) is 30.5 Å². The lowest BCUT2D eigenvalue weighted by Crippen LogP contribution is -2.66. The van der Waals surface area contributed by atoms with Crippen molar-refractivity contribution in [3.63, 3.8) is 0 Å². The molecule has 30 heavy (non-hydrogen) atoms. The molecule has 1 fully saturated rings. The minimum atomic E-state index is -2.59. The number of hydrogen-bond acceptors (Lipinski definition) is 13. The second kappa shape index (κ2) is 11.6. The Balaban J connectivity index is 3.03. The number of carboxylic acid groups (broad SMARTS) is 1. The molecule has 0 saturated carbocycles. The maximum absolute atomic E-state index is 11.9. The predicted molar refractivity (Wildman–Crippen MR) is 94.5 cm³/mol. The maximum Gasteiger partial charge on any atom is 0.364 e. The van der Waals surface area contributed by atoms with Gasteiger partial charge in [0.15, 0.2) is 6.29 Å². The van der Waals surface area contributed by atoms with E-state index in [0.717, 1.165) is 0 Å². The summed E-state index contributed by atoms with van der Waals surface area (Å²) in [6.07, 6.45) is -13.9. The summed E-state index contributed by atoms with van der Waals surface area (Å²) in [5, 5.41) is 86.1. The number of aliphatic carboxylic acids is 1. The van der Waals surface area contributed by atoms with Crippen molar-refractivity contribution in [2.45, 2.75) is 74.2 Å². The fraction of sp³-hybridized carbons (Fsp3) is 0.938. The van der Waals surface area contributed by atoms with Crippen molar-refractivity contribution >= 4 is 5.97 Å². The van der Waals surface area contributed by atoms with Crippen molar-refractivity contribution in [2.24, 2.45) is 5.73 Å². The normalized spacial score (nSPS) is 33.3. The van der Waals surface area contributed by atoms with E-state index < -0.39 is 93.1 Å². The summed E-state index contributed by atoms with van der Waals surface area (Å²) in [5.41, 5.74) is 5.73. The summed E-state index contributed by atoms with van der Waals surface area (Å²) in [7, 11) is 0. The van der Waals surface area contributed by atoms with Crippen molar-refractivity contribution in [3.8, 4) is 0 Å². The highest BCUT2D eigenvalue weighted by Crippen LogP contribution is 2.33. The molecule has 178 valence electrons. The van der Waals surface area contributed by atoms with Crippen LogP contribution in [0.3, 0.4) is 0 Å². The third-order valence-electron chi connectivity index (χ3n) is 4.72. The van der Waals surface area contributed by atoms with Crippen molar-refractivity contribution in [2.75, 3.05) is 19.8 Å². The number of carboxylic acids is 1. The lowest BCUT2D eigenvalue weighted by atomic mass is 9.89. The van der Waals surface area contributed by atoms with E-state index in [4.69, 9.17) is 30.2 Å². The first-order valence-electron chi connectivity index (χ1n) is 9.16. The molecule has 0 bridgehead atoms. The molecule has 14 nitrogen and oxygen atoms in total. The molecule has 1 heterocycles. The zero-order valence-electron chi connectivity index (χ0n) is 16.3. The second-order valence-corrected chi connectivity index (χ2v) is 7.10. The summed E-state index contributed by atoms with van der Waals surface area (Å²) in [6, 6.07) is -1.33. The molecule has 1 saturated heterocycles. The first-order chi connectivity index (χ1) is 13.9. The van der Waals surface area contributed by atoms with Gasteiger partial charge in [0.25, 0.3) is 5.79 Å². The van der Waals surface area contributed by atoms with E-state index in [1.807, 2.05) is 0 Å². The molecule has 0 spiro atoms. The number of carbonyl (C=O) groups is 1. The zero-order chi connectivity index (χ0) is 23.2. The summed E-state index contributed by atoms with van der Waals surface area (Å²) in [4.78, 5) is 11.9. The third-order valence-corrected chi connectivity index (χ3v) is 4.72. The predicted octanol–water partition coefficient (Wildman–Crippen LogP) is -5.59. The van der Waals surface area contributed by atoms with Crippen LogP contribution in [-0.2, 0) is 19.0 Å². The van der Waals surface area contributed by atoms with Gasteiger partial charge < -0.3 is 65.9 Å². The molecule has 0 aromatic rings. The molecule has 1 aliphatic heterocycles. The first-order valence-corrected chi connectivity index (χ1v) is 9.16. The Labute approximate surface area is 171 Å². The van der Waals surface area contributed by atoms with E-state index in [0.29, 0.717) is 0 Å². The SMILES string of the molecule is C[C@H](O)C(CO[C@]1(C(=O)O)C[C@@H](O)[C@@H](N)C([C@H](O)[C@H](O)CO)O1)O[C@H](O)[C@@H](O)CO. The van der Waals surface area contributed by atoms with Gasteiger partial charge in [0.05, 0.1) is 38.1 Å². The van der Waals surface area contributed by atoms with E-state index in [9.17, 15) is 40.5 Å². The van der Waals surface area contributed by atoms with E-state index >= 15 is 0 Å². The van der Waals surface area contributed by atoms with Gasteiger partial charge in [0, 0.05) is 6.42 Å². The third kappa shape index (κ3) is 6.49. The minimum absolute atomic E-state index is 0.698. The lowest BCUT2D eigenvalue weighted by molar-refractivity contribution is -0.320. The van der Waals surface area contributed by atoms with Crippen LogP contribution in [0.25, 0.3) is 0 Å². The van der Waals surface area contributed by atoms with Crippen LogP contribution in [0, 0.1) is 0 Å². The Hall–Kier alpha value is -1.01. The molecule has 1 aliphatic rings. The van der Waals surface area contributed by atoms with Gasteiger partial charge in [-0.2, -0.15) is 0 Å². The van der Waals surface area contributed by atoms with Crippen LogP contribution in [-0.4, -0.2) is 133 Å². The van der Waals surface area contributed by atoms with Crippen LogP contribution in [0.1, 0.15) is 13.3 Å². The molecular weight excluding hydrogens is 414 g/mol. The fourth-order valence-electron chi connectivity index (χ4n) is 2.76. The standard InChI is InChI=1S/C16H31NO13/c1-6(20)10(29-14(25)9(23)4-19)5-28-16(15(26)27)2-7(21)11(17)13(30-16)12(24)8(22)3-18/h6-14,18-25H,2-5,17H2,1H3,(H,26,27)/t6-,7+,8+,9-,10?,11+,12+,13?,14-,16+/m0/s1. The Morgan fingerprint density at radius 1 is 1.17 bits per heavy atom. The number of hydrogen-bond donors (Lipinski definition) is 10. The Bertz CT molecular complexity index is 537. The zero-order valence-corrected chi connectivity index (χ0v) is 16.3. The number of ether oxygens (including phenoxy) is 3. The molecular formula is C16H31NO13. The number of aliphatic hydroxyl groups excluding tert-OH is 8. The Morgan fingerprint density at radius 2 is 1.73 bits per heavy atom. The van der Waals surface area contributed by atoms with Gasteiger partial charge in [-0.3, -0.25) is 0 Å². The second-order valence-electron chi connectivity index (χ2n) is 7.10. The number of aliphatic hydroxyl groups is 8. The highest BCUT2D eigenvalue weighted by molar-refractivity contribution is 5.76. The van der Waals surface area contributed by atoms with Crippen LogP contribution in [0.4, 0.5) is 0 Å². The van der Waals surface area contributed by atoms with E-state index in [1.54, 1.807) is 0 Å². The van der Waals surface area contributed by atoms with Gasteiger partial charge in [-0.1, -0.05) is 0 Å². The molecule has 1 rings (SSSR count). The molecule has 11 N–H and O–H groups in total. The summed E-state index contributed by atoms with van der Waals surface area (Å²) in [5.74, 6) is -4.32. The van der Waals surface area contributed by atoms with Crippen LogP contribution in [0.5, 0.6) is 0 Å². The molecule has 0 radical (unpaired) electrons.